The molecular formula is C46H47N3O11S. The number of phenols is 2. The van der Waals surface area contributed by atoms with Crippen LogP contribution in [-0.2, 0) is 32.7 Å². The molecule has 2 saturated heterocycles. The SMILES string of the molecule is COc1cc2c(cc1O)CCN[C@]21CS[C@@H]2c3c(O)c(C)c4c(c3[C@H](COC1=O)N1C2[C@@H]2c3c(cc(C)c(OC)c3OC(=O)/C=C/c3ccccc3)C[C@@H]([C@@H]1O)N2C)OCO4. The van der Waals surface area contributed by atoms with Gasteiger partial charge in [-0.3, -0.25) is 15.1 Å². The lowest BCUT2D eigenvalue weighted by atomic mass is 9.73. The minimum Gasteiger partial charge on any atom is -0.507 e. The molecular weight excluding hydrogens is 803 g/mol. The first kappa shape index (κ1) is 39.7. The van der Waals surface area contributed by atoms with Crippen LogP contribution in [0, 0.1) is 13.8 Å². The minimum absolute atomic E-state index is 0.0261. The molecule has 15 heteroatoms. The van der Waals surface area contributed by atoms with Gasteiger partial charge in [0.2, 0.25) is 6.79 Å². The molecule has 4 aromatic carbocycles. The normalized spacial score (nSPS) is 27.5. The van der Waals surface area contributed by atoms with Crippen molar-refractivity contribution in [2.45, 2.75) is 67.9 Å². The summed E-state index contributed by atoms with van der Waals surface area (Å²) in [6.07, 6.45) is 2.99. The van der Waals surface area contributed by atoms with Crippen LogP contribution in [0.3, 0.4) is 0 Å². The Morgan fingerprint density at radius 2 is 1.77 bits per heavy atom. The molecule has 318 valence electrons. The number of thioether (sulfide) groups is 1. The molecule has 0 radical (unpaired) electrons. The van der Waals surface area contributed by atoms with Crippen LogP contribution in [0.15, 0.2) is 54.6 Å². The molecule has 0 amide bonds. The van der Waals surface area contributed by atoms with Gasteiger partial charge in [-0.1, -0.05) is 36.4 Å². The Morgan fingerprint density at radius 3 is 2.54 bits per heavy atom. The molecule has 61 heavy (non-hydrogen) atoms. The number of fused-ring (bicyclic) bond motifs is 9. The Morgan fingerprint density at radius 1 is 0.984 bits per heavy atom. The monoisotopic (exact) mass is 849 g/mol. The minimum atomic E-state index is -1.37. The molecule has 4 N–H and O–H groups in total. The van der Waals surface area contributed by atoms with Crippen LogP contribution in [0.25, 0.3) is 6.08 Å². The highest BCUT2D eigenvalue weighted by atomic mass is 32.2. The summed E-state index contributed by atoms with van der Waals surface area (Å²) in [5, 5.41) is 38.8. The zero-order valence-electron chi connectivity index (χ0n) is 34.4. The third-order valence-electron chi connectivity index (χ3n) is 13.4. The lowest BCUT2D eigenvalue weighted by Crippen LogP contribution is -2.70. The second kappa shape index (κ2) is 14.9. The van der Waals surface area contributed by atoms with E-state index in [4.69, 9.17) is 28.4 Å². The van der Waals surface area contributed by atoms with E-state index in [1.54, 1.807) is 32.2 Å². The van der Waals surface area contributed by atoms with Crippen LogP contribution < -0.4 is 29.0 Å². The molecule has 7 heterocycles. The Balaban J connectivity index is 1.18. The van der Waals surface area contributed by atoms with Crippen LogP contribution in [0.1, 0.15) is 67.4 Å². The standard InChI is InChI=1S/C46H47N3O11S/c1-22-15-26-16-28-44(53)49-29-19-57-45(54)46(27-18-31(55-4)30(50)17-25(27)13-14-47-46)20-61-43(35-34(29)41-40(58-21-59-41)23(2)38(35)52)37(49)36(48(28)3)33(26)42(39(22)56-5)60-32(51)12-11-24-9-7-6-8-10-24/h6-12,15,17-18,28-29,36-37,43-44,47,50,52-53H,13-14,16,19-21H2,1-5H3/b12-11+/t28-,29-,36-,37?,43+,44-,46+/m0/s1. The first-order valence-electron chi connectivity index (χ1n) is 20.4. The molecule has 14 nitrogen and oxygen atoms in total. The number of benzene rings is 4. The highest BCUT2D eigenvalue weighted by molar-refractivity contribution is 7.99. The molecule has 0 aromatic heterocycles. The van der Waals surface area contributed by atoms with Crippen LogP contribution in [0.4, 0.5) is 0 Å². The van der Waals surface area contributed by atoms with Gasteiger partial charge in [-0.05, 0) is 79.8 Å². The van der Waals surface area contributed by atoms with E-state index in [1.807, 2.05) is 55.3 Å². The fourth-order valence-electron chi connectivity index (χ4n) is 10.7. The van der Waals surface area contributed by atoms with Crippen molar-refractivity contribution in [1.82, 2.24) is 15.1 Å². The zero-order valence-corrected chi connectivity index (χ0v) is 35.2. The second-order valence-electron chi connectivity index (χ2n) is 16.5. The average molecular weight is 850 g/mol. The van der Waals surface area contributed by atoms with Crippen molar-refractivity contribution in [2.75, 3.05) is 47.0 Å². The van der Waals surface area contributed by atoms with E-state index in [-0.39, 0.29) is 42.2 Å². The molecule has 7 aliphatic heterocycles. The molecule has 11 rings (SSSR count). The van der Waals surface area contributed by atoms with Gasteiger partial charge in [-0.2, -0.15) is 0 Å². The van der Waals surface area contributed by atoms with Crippen molar-refractivity contribution >= 4 is 29.8 Å². The van der Waals surface area contributed by atoms with Gasteiger partial charge in [0.25, 0.3) is 0 Å². The number of likely N-dealkylation sites (N-methyl/N-ethyl adjacent to an activating group) is 1. The van der Waals surface area contributed by atoms with E-state index in [0.29, 0.717) is 58.9 Å². The third-order valence-corrected chi connectivity index (χ3v) is 14.9. The fraction of sp³-hybridized carbons (Fsp3) is 0.391. The number of aryl methyl sites for hydroxylation is 1. The number of carbonyl (C=O) groups excluding carboxylic acids is 2. The topological polar surface area (TPSA) is 169 Å². The van der Waals surface area contributed by atoms with Crippen molar-refractivity contribution in [3.63, 3.8) is 0 Å². The lowest BCUT2D eigenvalue weighted by Gasteiger charge is -2.62. The number of nitrogens with one attached hydrogen (secondary N) is 1. The van der Waals surface area contributed by atoms with Crippen LogP contribution >= 0.6 is 11.8 Å². The van der Waals surface area contributed by atoms with E-state index in [2.05, 4.69) is 10.2 Å². The van der Waals surface area contributed by atoms with E-state index < -0.39 is 53.1 Å². The van der Waals surface area contributed by atoms with Gasteiger partial charge >= 0.3 is 11.9 Å². The third kappa shape index (κ3) is 5.92. The summed E-state index contributed by atoms with van der Waals surface area (Å²) in [5.41, 5.74) is 5.00. The number of nitrogens with zero attached hydrogens (tertiary/aromatic N) is 2. The second-order valence-corrected chi connectivity index (χ2v) is 17.6. The van der Waals surface area contributed by atoms with Gasteiger partial charge in [0.1, 0.15) is 18.6 Å². The summed E-state index contributed by atoms with van der Waals surface area (Å²) in [5.74, 6) is 0.808. The summed E-state index contributed by atoms with van der Waals surface area (Å²) in [6, 6.07) is 12.5. The number of phenolic OH excluding ortho intramolecular Hbond substituents is 2. The summed E-state index contributed by atoms with van der Waals surface area (Å²) in [6.45, 7) is 3.87. The number of aliphatic hydroxyl groups is 1. The van der Waals surface area contributed by atoms with Gasteiger partial charge < -0.3 is 43.7 Å². The van der Waals surface area contributed by atoms with Gasteiger partial charge in [0, 0.05) is 46.7 Å². The number of ether oxygens (including phenoxy) is 6. The van der Waals surface area contributed by atoms with Crippen molar-refractivity contribution < 1.29 is 53.3 Å². The van der Waals surface area contributed by atoms with Gasteiger partial charge in [-0.15, -0.1) is 11.8 Å². The van der Waals surface area contributed by atoms with E-state index in [9.17, 15) is 24.9 Å². The number of piperazine rings is 1. The number of carbonyl (C=O) groups is 2. The largest absolute Gasteiger partial charge is 0.507 e. The molecule has 7 aliphatic rings. The Kier molecular flexibility index (Phi) is 9.67. The van der Waals surface area contributed by atoms with Crippen LogP contribution in [0.5, 0.6) is 40.2 Å². The fourth-order valence-corrected chi connectivity index (χ4v) is 12.4. The van der Waals surface area contributed by atoms with Crippen molar-refractivity contribution in [1.29, 1.82) is 0 Å². The molecule has 1 spiro atoms. The number of aliphatic hydroxyl groups excluding tert-OH is 1. The maximum Gasteiger partial charge on any atom is 0.336 e. The molecule has 0 aliphatic carbocycles. The van der Waals surface area contributed by atoms with Gasteiger partial charge in [0.05, 0.1) is 37.6 Å². The summed E-state index contributed by atoms with van der Waals surface area (Å²) < 4.78 is 36.5. The number of hydrogen-bond donors (Lipinski definition) is 4. The van der Waals surface area contributed by atoms with Gasteiger partial charge in [-0.25, -0.2) is 9.59 Å². The van der Waals surface area contributed by atoms with Crippen molar-refractivity contribution in [3.05, 3.63) is 105 Å². The molecule has 1 unspecified atom stereocenters. The number of hydrogen-bond acceptors (Lipinski definition) is 15. The number of esters is 2. The Hall–Kier alpha value is -5.45. The van der Waals surface area contributed by atoms with E-state index >= 15 is 0 Å². The maximum absolute atomic E-state index is 14.8. The highest BCUT2D eigenvalue weighted by Crippen LogP contribution is 2.64. The van der Waals surface area contributed by atoms with Crippen LogP contribution in [-0.4, -0.2) is 102 Å². The smallest absolute Gasteiger partial charge is 0.336 e. The molecule has 0 saturated carbocycles. The summed E-state index contributed by atoms with van der Waals surface area (Å²) >= 11 is 1.45. The quantitative estimate of drug-likeness (QED) is 0.119. The molecule has 2 fully saturated rings. The maximum atomic E-state index is 14.8. The number of methoxy groups -OCH3 is 2. The average Bonchev–Trinajstić information content (AvgIpc) is 3.75. The van der Waals surface area contributed by atoms with Crippen LogP contribution in [0.2, 0.25) is 0 Å². The zero-order chi connectivity index (χ0) is 42.5. The lowest BCUT2D eigenvalue weighted by molar-refractivity contribution is -0.186. The van der Waals surface area contributed by atoms with Gasteiger partial charge in [0.15, 0.2) is 40.0 Å². The van der Waals surface area contributed by atoms with E-state index in [0.717, 1.165) is 27.8 Å². The number of aromatic hydroxyl groups is 2. The molecule has 4 bridgehead atoms. The number of rotatable bonds is 5. The first-order chi connectivity index (χ1) is 29.5. The van der Waals surface area contributed by atoms with Crippen molar-refractivity contribution in [2.24, 2.45) is 0 Å². The first-order valence-corrected chi connectivity index (χ1v) is 21.4. The summed E-state index contributed by atoms with van der Waals surface area (Å²) in [4.78, 5) is 32.7. The van der Waals surface area contributed by atoms with E-state index in [1.165, 1.54) is 24.9 Å². The molecule has 7 atom stereocenters. The van der Waals surface area contributed by atoms with Crippen molar-refractivity contribution in [3.8, 4) is 40.2 Å². The predicted octanol–water partition coefficient (Wildman–Crippen LogP) is 5.11. The predicted molar refractivity (Wildman–Crippen MR) is 224 cm³/mol. The Bertz CT molecular complexity index is 2510. The summed E-state index contributed by atoms with van der Waals surface area (Å²) in [7, 11) is 4.98. The highest BCUT2D eigenvalue weighted by Gasteiger charge is 2.61. The molecule has 4 aromatic rings. The Labute approximate surface area is 356 Å².